The van der Waals surface area contributed by atoms with Crippen molar-refractivity contribution in [3.05, 3.63) is 46.5 Å². The van der Waals surface area contributed by atoms with Crippen molar-refractivity contribution in [2.45, 2.75) is 20.0 Å². The van der Waals surface area contributed by atoms with Gasteiger partial charge < -0.3 is 5.32 Å². The summed E-state index contributed by atoms with van der Waals surface area (Å²) in [5.74, 6) is 0.304. The molecule has 2 aromatic rings. The largest absolute Gasteiger partial charge is 0.377 e. The lowest BCUT2D eigenvalue weighted by atomic mass is 10.2. The van der Waals surface area contributed by atoms with Crippen molar-refractivity contribution in [2.24, 2.45) is 0 Å². The lowest BCUT2D eigenvalue weighted by Crippen LogP contribution is -2.09. The second-order valence-corrected chi connectivity index (χ2v) is 4.72. The highest BCUT2D eigenvalue weighted by atomic mass is 79.9. The predicted octanol–water partition coefficient (Wildman–Crippen LogP) is 3.96. The van der Waals surface area contributed by atoms with Gasteiger partial charge in [-0.05, 0) is 40.5 Å². The molecule has 0 fully saturated rings. The first-order valence-electron chi connectivity index (χ1n) is 5.38. The van der Waals surface area contributed by atoms with Crippen LogP contribution in [0.2, 0.25) is 0 Å². The Bertz CT molecular complexity index is 540. The van der Waals surface area contributed by atoms with Gasteiger partial charge in [0.1, 0.15) is 5.82 Å². The van der Waals surface area contributed by atoms with E-state index < -0.39 is 6.55 Å². The molecule has 6 heteroatoms. The molecule has 0 bridgehead atoms. The number of nitrogens with zero attached hydrogens (tertiary/aromatic N) is 2. The number of anilines is 1. The molecule has 0 radical (unpaired) electrons. The van der Waals surface area contributed by atoms with E-state index in [4.69, 9.17) is 0 Å². The minimum Gasteiger partial charge on any atom is -0.377 e. The maximum atomic E-state index is 12.6. The lowest BCUT2D eigenvalue weighted by molar-refractivity contribution is 0.0673. The quantitative estimate of drug-likeness (QED) is 0.925. The molecule has 1 aromatic carbocycles. The second kappa shape index (κ2) is 5.48. The fourth-order valence-corrected chi connectivity index (χ4v) is 1.99. The highest BCUT2D eigenvalue weighted by Crippen LogP contribution is 2.24. The second-order valence-electron chi connectivity index (χ2n) is 3.87. The number of hydrogen-bond donors (Lipinski definition) is 1. The third-order valence-corrected chi connectivity index (χ3v) is 3.21. The summed E-state index contributed by atoms with van der Waals surface area (Å²) in [6.45, 7) is -0.345. The number of benzene rings is 1. The van der Waals surface area contributed by atoms with Crippen LogP contribution in [0.4, 0.5) is 14.5 Å². The maximum Gasteiger partial charge on any atom is 0.319 e. The van der Waals surface area contributed by atoms with Gasteiger partial charge in [-0.25, -0.2) is 4.98 Å². The number of imidazole rings is 1. The van der Waals surface area contributed by atoms with Crippen LogP contribution in [0.1, 0.15) is 17.9 Å². The van der Waals surface area contributed by atoms with E-state index in [1.54, 1.807) is 0 Å². The molecule has 1 N–H and O–H groups in total. The molecule has 0 amide bonds. The Balaban J connectivity index is 2.11. The molecule has 0 aliphatic heterocycles. The van der Waals surface area contributed by atoms with E-state index in [0.717, 1.165) is 20.3 Å². The van der Waals surface area contributed by atoms with Gasteiger partial charge in [0.25, 0.3) is 0 Å². The SMILES string of the molecule is Cc1ccc(Br)c(NCc2nccn2C(F)F)c1. The summed E-state index contributed by atoms with van der Waals surface area (Å²) in [4.78, 5) is 3.91. The first-order valence-corrected chi connectivity index (χ1v) is 6.17. The van der Waals surface area contributed by atoms with E-state index in [1.165, 1.54) is 12.4 Å². The van der Waals surface area contributed by atoms with E-state index in [1.807, 2.05) is 25.1 Å². The molecule has 3 nitrogen and oxygen atoms in total. The molecule has 0 aliphatic rings. The zero-order valence-electron chi connectivity index (χ0n) is 9.70. The molecule has 0 spiro atoms. The summed E-state index contributed by atoms with van der Waals surface area (Å²) in [6, 6.07) is 5.83. The topological polar surface area (TPSA) is 29.9 Å². The van der Waals surface area contributed by atoms with Crippen LogP contribution in [-0.4, -0.2) is 9.55 Å². The summed E-state index contributed by atoms with van der Waals surface area (Å²) in [7, 11) is 0. The minimum absolute atomic E-state index is 0.249. The Morgan fingerprint density at radius 2 is 2.22 bits per heavy atom. The van der Waals surface area contributed by atoms with Crippen molar-refractivity contribution >= 4 is 21.6 Å². The maximum absolute atomic E-state index is 12.6. The van der Waals surface area contributed by atoms with Crippen LogP contribution in [0, 0.1) is 6.92 Å². The predicted molar refractivity (Wildman–Crippen MR) is 69.7 cm³/mol. The van der Waals surface area contributed by atoms with E-state index in [9.17, 15) is 8.78 Å². The molecular formula is C12H12BrF2N3. The first kappa shape index (κ1) is 13.0. The number of aromatic nitrogens is 2. The number of rotatable bonds is 4. The normalized spacial score (nSPS) is 10.9. The van der Waals surface area contributed by atoms with Gasteiger partial charge in [0.05, 0.1) is 6.54 Å². The van der Waals surface area contributed by atoms with E-state index >= 15 is 0 Å². The van der Waals surface area contributed by atoms with Crippen LogP contribution in [0.25, 0.3) is 0 Å². The van der Waals surface area contributed by atoms with Crippen LogP contribution in [0.5, 0.6) is 0 Å². The fourth-order valence-electron chi connectivity index (χ4n) is 1.61. The van der Waals surface area contributed by atoms with Gasteiger partial charge in [0.15, 0.2) is 0 Å². The molecule has 1 aromatic heterocycles. The van der Waals surface area contributed by atoms with Gasteiger partial charge in [-0.2, -0.15) is 8.78 Å². The fraction of sp³-hybridized carbons (Fsp3) is 0.250. The van der Waals surface area contributed by atoms with Crippen LogP contribution in [-0.2, 0) is 6.54 Å². The number of halogens is 3. The van der Waals surface area contributed by atoms with Crippen molar-refractivity contribution in [3.63, 3.8) is 0 Å². The number of nitrogens with one attached hydrogen (secondary N) is 1. The molecule has 0 saturated heterocycles. The summed E-state index contributed by atoms with van der Waals surface area (Å²) >= 11 is 3.40. The Labute approximate surface area is 112 Å². The van der Waals surface area contributed by atoms with Gasteiger partial charge in [0, 0.05) is 22.6 Å². The molecule has 2 rings (SSSR count). The molecule has 96 valence electrons. The average molecular weight is 316 g/mol. The van der Waals surface area contributed by atoms with Crippen molar-refractivity contribution in [1.82, 2.24) is 9.55 Å². The summed E-state index contributed by atoms with van der Waals surface area (Å²) in [6.07, 6.45) is 2.64. The summed E-state index contributed by atoms with van der Waals surface area (Å²) in [5.41, 5.74) is 1.96. The van der Waals surface area contributed by atoms with Crippen LogP contribution in [0.15, 0.2) is 35.1 Å². The van der Waals surface area contributed by atoms with Gasteiger partial charge in [-0.3, -0.25) is 4.57 Å². The summed E-state index contributed by atoms with van der Waals surface area (Å²) in [5, 5.41) is 3.09. The van der Waals surface area contributed by atoms with Crippen molar-refractivity contribution in [1.29, 1.82) is 0 Å². The monoisotopic (exact) mass is 315 g/mol. The Hall–Kier alpha value is -1.43. The van der Waals surface area contributed by atoms with Gasteiger partial charge in [-0.1, -0.05) is 6.07 Å². The Kier molecular flexibility index (Phi) is 3.96. The number of alkyl halides is 2. The van der Waals surface area contributed by atoms with Crippen LogP contribution in [0.3, 0.4) is 0 Å². The summed E-state index contributed by atoms with van der Waals surface area (Å²) < 4.78 is 27.0. The number of aryl methyl sites for hydroxylation is 1. The highest BCUT2D eigenvalue weighted by Gasteiger charge is 2.11. The molecule has 0 saturated carbocycles. The molecule has 18 heavy (non-hydrogen) atoms. The van der Waals surface area contributed by atoms with E-state index in [0.29, 0.717) is 5.82 Å². The highest BCUT2D eigenvalue weighted by molar-refractivity contribution is 9.10. The molecule has 0 aliphatic carbocycles. The van der Waals surface area contributed by atoms with E-state index in [2.05, 4.69) is 26.2 Å². The molecule has 0 unspecified atom stereocenters. The van der Waals surface area contributed by atoms with Gasteiger partial charge in [-0.15, -0.1) is 0 Å². The average Bonchev–Trinajstić information content (AvgIpc) is 2.79. The lowest BCUT2D eigenvalue weighted by Gasteiger charge is -2.10. The zero-order valence-corrected chi connectivity index (χ0v) is 11.3. The zero-order chi connectivity index (χ0) is 13.1. The smallest absolute Gasteiger partial charge is 0.319 e. The van der Waals surface area contributed by atoms with Crippen LogP contribution < -0.4 is 5.32 Å². The van der Waals surface area contributed by atoms with Gasteiger partial charge >= 0.3 is 6.55 Å². The minimum atomic E-state index is -2.56. The van der Waals surface area contributed by atoms with Gasteiger partial charge in [0.2, 0.25) is 0 Å². The molecular weight excluding hydrogens is 304 g/mol. The van der Waals surface area contributed by atoms with E-state index in [-0.39, 0.29) is 6.54 Å². The first-order chi connectivity index (χ1) is 8.58. The Morgan fingerprint density at radius 3 is 2.94 bits per heavy atom. The van der Waals surface area contributed by atoms with Crippen molar-refractivity contribution in [3.8, 4) is 0 Å². The Morgan fingerprint density at radius 1 is 1.44 bits per heavy atom. The standard InChI is InChI=1S/C12H12BrF2N3/c1-8-2-3-9(13)10(6-8)17-7-11-16-4-5-18(11)12(14)15/h2-6,12,17H,7H2,1H3. The molecule has 1 heterocycles. The van der Waals surface area contributed by atoms with Crippen molar-refractivity contribution < 1.29 is 8.78 Å². The third-order valence-electron chi connectivity index (χ3n) is 2.52. The van der Waals surface area contributed by atoms with Crippen LogP contribution >= 0.6 is 15.9 Å². The third kappa shape index (κ3) is 2.87. The molecule has 0 atom stereocenters. The van der Waals surface area contributed by atoms with Crippen molar-refractivity contribution in [2.75, 3.05) is 5.32 Å². The number of hydrogen-bond acceptors (Lipinski definition) is 2.